The first-order valence-corrected chi connectivity index (χ1v) is 10.8. The zero-order chi connectivity index (χ0) is 19.1. The molecule has 0 bridgehead atoms. The normalized spacial score (nSPS) is 14.4. The lowest BCUT2D eigenvalue weighted by molar-refractivity contribution is -0.123. The van der Waals surface area contributed by atoms with Gasteiger partial charge in [-0.15, -0.1) is 23.5 Å². The van der Waals surface area contributed by atoms with Crippen LogP contribution >= 0.6 is 23.5 Å². The Morgan fingerprint density at radius 1 is 1.15 bits per heavy atom. The molecule has 0 radical (unpaired) electrons. The fraction of sp³-hybridized carbons (Fsp3) is 0.300. The second-order valence-corrected chi connectivity index (χ2v) is 8.93. The van der Waals surface area contributed by atoms with Crippen LogP contribution in [0.2, 0.25) is 0 Å². The van der Waals surface area contributed by atoms with Gasteiger partial charge in [-0.3, -0.25) is 4.79 Å². The Morgan fingerprint density at radius 3 is 2.44 bits per heavy atom. The summed E-state index contributed by atoms with van der Waals surface area (Å²) in [6, 6.07) is 15.9. The van der Waals surface area contributed by atoms with Crippen LogP contribution < -0.4 is 15.1 Å². The van der Waals surface area contributed by atoms with Crippen molar-refractivity contribution in [2.75, 3.05) is 37.1 Å². The van der Waals surface area contributed by atoms with Crippen molar-refractivity contribution in [2.24, 2.45) is 5.10 Å². The summed E-state index contributed by atoms with van der Waals surface area (Å²) in [4.78, 5) is 13.9. The van der Waals surface area contributed by atoms with Gasteiger partial charge < -0.3 is 9.64 Å². The summed E-state index contributed by atoms with van der Waals surface area (Å²) in [5.74, 6) is 2.80. The van der Waals surface area contributed by atoms with Crippen LogP contribution in [0.15, 0.2) is 53.6 Å². The molecule has 7 heteroatoms. The molecule has 3 rings (SSSR count). The molecule has 0 unspecified atom stereocenters. The van der Waals surface area contributed by atoms with Gasteiger partial charge in [0.2, 0.25) is 0 Å². The maximum Gasteiger partial charge on any atom is 0.277 e. The van der Waals surface area contributed by atoms with Gasteiger partial charge in [0.05, 0.1) is 10.8 Å². The van der Waals surface area contributed by atoms with Crippen molar-refractivity contribution in [1.29, 1.82) is 0 Å². The first-order chi connectivity index (χ1) is 13.1. The van der Waals surface area contributed by atoms with Gasteiger partial charge in [0, 0.05) is 31.3 Å². The molecule has 0 atom stereocenters. The van der Waals surface area contributed by atoms with Crippen LogP contribution in [0.1, 0.15) is 15.7 Å². The molecule has 0 aromatic heterocycles. The van der Waals surface area contributed by atoms with Crippen LogP contribution in [-0.2, 0) is 4.79 Å². The molecule has 0 aliphatic carbocycles. The molecular formula is C20H23N3O2S2. The molecule has 5 nitrogen and oxygen atoms in total. The third-order valence-corrected chi connectivity index (χ3v) is 7.06. The molecule has 0 saturated carbocycles. The highest BCUT2D eigenvalue weighted by Gasteiger charge is 2.17. The topological polar surface area (TPSA) is 53.9 Å². The van der Waals surface area contributed by atoms with Crippen molar-refractivity contribution in [1.82, 2.24) is 5.43 Å². The van der Waals surface area contributed by atoms with Crippen LogP contribution in [0, 0.1) is 0 Å². The van der Waals surface area contributed by atoms with Crippen molar-refractivity contribution >= 4 is 41.3 Å². The molecule has 2 aromatic rings. The van der Waals surface area contributed by atoms with Gasteiger partial charge in [-0.25, -0.2) is 5.43 Å². The Kier molecular flexibility index (Phi) is 7.06. The lowest BCUT2D eigenvalue weighted by Gasteiger charge is -2.11. The molecule has 1 amide bonds. The minimum Gasteiger partial charge on any atom is -0.484 e. The Bertz CT molecular complexity index is 771. The number of hydrazone groups is 1. The summed E-state index contributed by atoms with van der Waals surface area (Å²) >= 11 is 3.94. The van der Waals surface area contributed by atoms with Crippen molar-refractivity contribution in [3.8, 4) is 5.75 Å². The van der Waals surface area contributed by atoms with E-state index in [1.165, 1.54) is 17.1 Å². The lowest BCUT2D eigenvalue weighted by atomic mass is 10.2. The zero-order valence-corrected chi connectivity index (χ0v) is 17.1. The summed E-state index contributed by atoms with van der Waals surface area (Å²) in [5.41, 5.74) is 5.81. The van der Waals surface area contributed by atoms with E-state index in [2.05, 4.69) is 22.7 Å². The average Bonchev–Trinajstić information content (AvgIpc) is 3.22. The highest BCUT2D eigenvalue weighted by molar-refractivity contribution is 8.19. The van der Waals surface area contributed by atoms with Gasteiger partial charge >= 0.3 is 0 Å². The largest absolute Gasteiger partial charge is 0.484 e. The van der Waals surface area contributed by atoms with Gasteiger partial charge in [0.1, 0.15) is 5.75 Å². The van der Waals surface area contributed by atoms with E-state index < -0.39 is 0 Å². The fourth-order valence-electron chi connectivity index (χ4n) is 2.49. The molecule has 1 aliphatic rings. The number of rotatable bonds is 7. The molecule has 2 aromatic carbocycles. The number of thioether (sulfide) groups is 2. The summed E-state index contributed by atoms with van der Waals surface area (Å²) in [5, 5.41) is 3.97. The first-order valence-electron chi connectivity index (χ1n) is 8.67. The van der Waals surface area contributed by atoms with E-state index in [1.807, 2.05) is 78.9 Å². The fourth-order valence-corrected chi connectivity index (χ4v) is 5.35. The summed E-state index contributed by atoms with van der Waals surface area (Å²) in [7, 11) is 3.98. The standard InChI is InChI=1S/C20H23N3O2S2/c1-23(2)17-7-3-15(4-8-17)13-21-22-19(24)14-25-18-9-5-16(6-10-18)20-26-11-12-27-20/h3-10,13,20H,11-12,14H2,1-2H3,(H,22,24)/b21-13-. The van der Waals surface area contributed by atoms with Crippen LogP contribution in [0.3, 0.4) is 0 Å². The number of hydrogen-bond acceptors (Lipinski definition) is 6. The lowest BCUT2D eigenvalue weighted by Crippen LogP contribution is -2.24. The van der Waals surface area contributed by atoms with Crippen molar-refractivity contribution in [2.45, 2.75) is 4.58 Å². The minimum atomic E-state index is -0.290. The molecule has 0 spiro atoms. The summed E-state index contributed by atoms with van der Waals surface area (Å²) < 4.78 is 6.04. The number of ether oxygens (including phenoxy) is 1. The van der Waals surface area contributed by atoms with E-state index in [0.29, 0.717) is 10.3 Å². The van der Waals surface area contributed by atoms with Gasteiger partial charge in [-0.05, 0) is 35.4 Å². The number of benzene rings is 2. The average molecular weight is 402 g/mol. The van der Waals surface area contributed by atoms with Gasteiger partial charge in [0.25, 0.3) is 5.91 Å². The van der Waals surface area contributed by atoms with Crippen LogP contribution in [0.4, 0.5) is 5.69 Å². The van der Waals surface area contributed by atoms with E-state index in [4.69, 9.17) is 4.74 Å². The van der Waals surface area contributed by atoms with E-state index >= 15 is 0 Å². The second kappa shape index (κ2) is 9.71. The monoisotopic (exact) mass is 401 g/mol. The van der Waals surface area contributed by atoms with E-state index in [-0.39, 0.29) is 12.5 Å². The number of carbonyl (C=O) groups is 1. The predicted molar refractivity (Wildman–Crippen MR) is 116 cm³/mol. The molecule has 1 aliphatic heterocycles. The van der Waals surface area contributed by atoms with Crippen LogP contribution in [-0.4, -0.2) is 44.3 Å². The number of nitrogens with one attached hydrogen (secondary N) is 1. The van der Waals surface area contributed by atoms with Crippen LogP contribution in [0.25, 0.3) is 0 Å². The van der Waals surface area contributed by atoms with Gasteiger partial charge in [0.15, 0.2) is 6.61 Å². The Morgan fingerprint density at radius 2 is 1.81 bits per heavy atom. The Labute approximate surface area is 168 Å². The zero-order valence-electron chi connectivity index (χ0n) is 15.4. The smallest absolute Gasteiger partial charge is 0.277 e. The SMILES string of the molecule is CN(C)c1ccc(/C=N\NC(=O)COc2ccc(C3SCCS3)cc2)cc1. The molecule has 1 heterocycles. The highest BCUT2D eigenvalue weighted by Crippen LogP contribution is 2.45. The molecule has 1 fully saturated rings. The number of hydrogen-bond donors (Lipinski definition) is 1. The molecule has 1 saturated heterocycles. The first kappa shape index (κ1) is 19.6. The second-order valence-electron chi connectivity index (χ2n) is 6.21. The van der Waals surface area contributed by atoms with Gasteiger partial charge in [-0.2, -0.15) is 5.10 Å². The Hall–Kier alpha value is -2.12. The van der Waals surface area contributed by atoms with Crippen molar-refractivity contribution < 1.29 is 9.53 Å². The number of anilines is 1. The quantitative estimate of drug-likeness (QED) is 0.566. The molecule has 1 N–H and O–H groups in total. The van der Waals surface area contributed by atoms with Crippen molar-refractivity contribution in [3.05, 3.63) is 59.7 Å². The molecule has 27 heavy (non-hydrogen) atoms. The third kappa shape index (κ3) is 5.94. The number of nitrogens with zero attached hydrogens (tertiary/aromatic N) is 2. The van der Waals surface area contributed by atoms with Crippen molar-refractivity contribution in [3.63, 3.8) is 0 Å². The maximum absolute atomic E-state index is 11.9. The Balaban J connectivity index is 1.42. The maximum atomic E-state index is 11.9. The van der Waals surface area contributed by atoms with E-state index in [9.17, 15) is 4.79 Å². The molecule has 142 valence electrons. The van der Waals surface area contributed by atoms with Gasteiger partial charge in [-0.1, -0.05) is 24.3 Å². The predicted octanol–water partition coefficient (Wildman–Crippen LogP) is 3.76. The summed E-state index contributed by atoms with van der Waals surface area (Å²) in [6.07, 6.45) is 1.61. The number of amides is 1. The number of carbonyl (C=O) groups excluding carboxylic acids is 1. The van der Waals surface area contributed by atoms with E-state index in [1.54, 1.807) is 6.21 Å². The molecular weight excluding hydrogens is 378 g/mol. The third-order valence-electron chi connectivity index (χ3n) is 3.96. The highest BCUT2D eigenvalue weighted by atomic mass is 32.2. The van der Waals surface area contributed by atoms with E-state index in [0.717, 1.165) is 11.3 Å². The summed E-state index contributed by atoms with van der Waals surface area (Å²) in [6.45, 7) is -0.0663. The minimum absolute atomic E-state index is 0.0663. The van der Waals surface area contributed by atoms with Crippen LogP contribution in [0.5, 0.6) is 5.75 Å².